The topological polar surface area (TPSA) is 44.8 Å². The van der Waals surface area contributed by atoms with E-state index < -0.39 is 0 Å². The van der Waals surface area contributed by atoms with Gasteiger partial charge < -0.3 is 14.2 Å². The average Bonchev–Trinajstić information content (AvgIpc) is 2.39. The third-order valence-corrected chi connectivity index (χ3v) is 2.49. The number of esters is 1. The van der Waals surface area contributed by atoms with Crippen molar-refractivity contribution in [2.24, 2.45) is 0 Å². The SMILES string of the molecule is CCCCC(=O)Oc1ccc(OC(C)OCC)cc1. The molecular formula is C15H22O4. The van der Waals surface area contributed by atoms with Crippen molar-refractivity contribution in [2.45, 2.75) is 46.3 Å². The predicted molar refractivity (Wildman–Crippen MR) is 73.3 cm³/mol. The average molecular weight is 266 g/mol. The maximum absolute atomic E-state index is 11.4. The molecule has 0 aliphatic rings. The summed E-state index contributed by atoms with van der Waals surface area (Å²) in [7, 11) is 0. The minimum absolute atomic E-state index is 0.196. The fourth-order valence-corrected chi connectivity index (χ4v) is 1.55. The normalized spacial score (nSPS) is 11.9. The van der Waals surface area contributed by atoms with Gasteiger partial charge in [0.05, 0.1) is 0 Å². The van der Waals surface area contributed by atoms with Crippen LogP contribution in [0.2, 0.25) is 0 Å². The van der Waals surface area contributed by atoms with E-state index in [1.165, 1.54) is 0 Å². The highest BCUT2D eigenvalue weighted by Crippen LogP contribution is 2.19. The lowest BCUT2D eigenvalue weighted by atomic mass is 10.2. The first-order chi connectivity index (χ1) is 9.15. The lowest BCUT2D eigenvalue weighted by Gasteiger charge is -2.14. The number of hydrogen-bond acceptors (Lipinski definition) is 4. The second-order valence-corrected chi connectivity index (χ2v) is 4.19. The fourth-order valence-electron chi connectivity index (χ4n) is 1.55. The first-order valence-corrected chi connectivity index (χ1v) is 6.74. The number of benzene rings is 1. The van der Waals surface area contributed by atoms with Crippen molar-refractivity contribution in [1.82, 2.24) is 0 Å². The molecule has 0 aromatic heterocycles. The molecule has 0 saturated heterocycles. The summed E-state index contributed by atoms with van der Waals surface area (Å²) in [4.78, 5) is 11.4. The van der Waals surface area contributed by atoms with E-state index in [0.717, 1.165) is 12.8 Å². The number of ether oxygens (including phenoxy) is 3. The number of carbonyl (C=O) groups excluding carboxylic acids is 1. The number of carbonyl (C=O) groups is 1. The van der Waals surface area contributed by atoms with Gasteiger partial charge in [-0.2, -0.15) is 0 Å². The summed E-state index contributed by atoms with van der Waals surface area (Å²) in [5.74, 6) is 1.03. The molecule has 106 valence electrons. The van der Waals surface area contributed by atoms with Crippen LogP contribution in [-0.2, 0) is 9.53 Å². The summed E-state index contributed by atoms with van der Waals surface area (Å²) in [5, 5.41) is 0. The van der Waals surface area contributed by atoms with Crippen LogP contribution in [0.1, 0.15) is 40.0 Å². The summed E-state index contributed by atoms with van der Waals surface area (Å²) in [6, 6.07) is 6.96. The second kappa shape index (κ2) is 8.53. The quantitative estimate of drug-likeness (QED) is 0.410. The molecule has 19 heavy (non-hydrogen) atoms. The van der Waals surface area contributed by atoms with Crippen LogP contribution < -0.4 is 9.47 Å². The Morgan fingerprint density at radius 2 is 1.79 bits per heavy atom. The van der Waals surface area contributed by atoms with Gasteiger partial charge in [0, 0.05) is 13.0 Å². The lowest BCUT2D eigenvalue weighted by molar-refractivity contribution is -0.134. The molecule has 0 amide bonds. The van der Waals surface area contributed by atoms with E-state index in [4.69, 9.17) is 14.2 Å². The van der Waals surface area contributed by atoms with Crippen molar-refractivity contribution in [1.29, 1.82) is 0 Å². The molecule has 4 heteroatoms. The van der Waals surface area contributed by atoms with E-state index in [2.05, 4.69) is 0 Å². The number of hydrogen-bond donors (Lipinski definition) is 0. The molecule has 0 saturated carbocycles. The van der Waals surface area contributed by atoms with Crippen molar-refractivity contribution in [3.63, 3.8) is 0 Å². The van der Waals surface area contributed by atoms with Crippen LogP contribution in [-0.4, -0.2) is 18.9 Å². The summed E-state index contributed by atoms with van der Waals surface area (Å²) in [6.07, 6.45) is 2.00. The van der Waals surface area contributed by atoms with Crippen molar-refractivity contribution in [2.75, 3.05) is 6.61 Å². The molecule has 0 bridgehead atoms. The van der Waals surface area contributed by atoms with Crippen LogP contribution in [0.15, 0.2) is 24.3 Å². The Hall–Kier alpha value is -1.55. The fraction of sp³-hybridized carbons (Fsp3) is 0.533. The molecule has 0 spiro atoms. The largest absolute Gasteiger partial charge is 0.465 e. The van der Waals surface area contributed by atoms with Gasteiger partial charge in [-0.1, -0.05) is 13.3 Å². The van der Waals surface area contributed by atoms with Crippen LogP contribution in [0.3, 0.4) is 0 Å². The summed E-state index contributed by atoms with van der Waals surface area (Å²) < 4.78 is 16.0. The van der Waals surface area contributed by atoms with Gasteiger partial charge in [-0.05, 0) is 44.5 Å². The summed E-state index contributed by atoms with van der Waals surface area (Å²) in [6.45, 7) is 6.40. The Morgan fingerprint density at radius 1 is 1.16 bits per heavy atom. The molecule has 1 aromatic rings. The van der Waals surface area contributed by atoms with Crippen molar-refractivity contribution in [3.8, 4) is 11.5 Å². The summed E-state index contributed by atoms with van der Waals surface area (Å²) in [5.41, 5.74) is 0. The minimum atomic E-state index is -0.289. The molecule has 0 aliphatic heterocycles. The smallest absolute Gasteiger partial charge is 0.311 e. The van der Waals surface area contributed by atoms with Gasteiger partial charge in [0.2, 0.25) is 0 Å². The van der Waals surface area contributed by atoms with E-state index >= 15 is 0 Å². The van der Waals surface area contributed by atoms with Gasteiger partial charge in [-0.3, -0.25) is 4.79 Å². The van der Waals surface area contributed by atoms with Gasteiger partial charge in [0.15, 0.2) is 6.29 Å². The monoisotopic (exact) mass is 266 g/mol. The van der Waals surface area contributed by atoms with E-state index in [9.17, 15) is 4.79 Å². The Balaban J connectivity index is 2.45. The molecule has 0 fully saturated rings. The van der Waals surface area contributed by atoms with Gasteiger partial charge in [-0.25, -0.2) is 0 Å². The highest BCUT2D eigenvalue weighted by atomic mass is 16.7. The molecule has 0 aliphatic carbocycles. The molecule has 0 heterocycles. The zero-order valence-electron chi connectivity index (χ0n) is 11.8. The van der Waals surface area contributed by atoms with Crippen LogP contribution >= 0.6 is 0 Å². The van der Waals surface area contributed by atoms with Crippen molar-refractivity contribution < 1.29 is 19.0 Å². The Labute approximate surface area is 114 Å². The first kappa shape index (κ1) is 15.5. The molecule has 1 unspecified atom stereocenters. The molecule has 1 aromatic carbocycles. The van der Waals surface area contributed by atoms with Crippen LogP contribution in [0.4, 0.5) is 0 Å². The first-order valence-electron chi connectivity index (χ1n) is 6.74. The lowest BCUT2D eigenvalue weighted by Crippen LogP contribution is -2.15. The van der Waals surface area contributed by atoms with Gasteiger partial charge in [0.1, 0.15) is 11.5 Å². The Bertz CT molecular complexity index is 372. The number of rotatable bonds is 8. The standard InChI is InChI=1S/C15H22O4/c1-4-6-7-15(16)19-14-10-8-13(9-11-14)18-12(3)17-5-2/h8-12H,4-7H2,1-3H3. The van der Waals surface area contributed by atoms with Crippen LogP contribution in [0, 0.1) is 0 Å². The van der Waals surface area contributed by atoms with Crippen molar-refractivity contribution in [3.05, 3.63) is 24.3 Å². The maximum Gasteiger partial charge on any atom is 0.311 e. The molecule has 0 radical (unpaired) electrons. The molecule has 4 nitrogen and oxygen atoms in total. The highest BCUT2D eigenvalue weighted by molar-refractivity contribution is 5.72. The van der Waals surface area contributed by atoms with E-state index in [1.54, 1.807) is 24.3 Å². The predicted octanol–water partition coefficient (Wildman–Crippen LogP) is 3.54. The third kappa shape index (κ3) is 6.25. The highest BCUT2D eigenvalue weighted by Gasteiger charge is 2.06. The van der Waals surface area contributed by atoms with E-state index in [-0.39, 0.29) is 12.3 Å². The molecule has 0 N–H and O–H groups in total. The number of unbranched alkanes of at least 4 members (excludes halogenated alkanes) is 1. The van der Waals surface area contributed by atoms with Gasteiger partial charge >= 0.3 is 5.97 Å². The Morgan fingerprint density at radius 3 is 2.37 bits per heavy atom. The minimum Gasteiger partial charge on any atom is -0.465 e. The van der Waals surface area contributed by atoms with Crippen LogP contribution in [0.25, 0.3) is 0 Å². The van der Waals surface area contributed by atoms with E-state index in [0.29, 0.717) is 24.5 Å². The molecule has 1 atom stereocenters. The molecular weight excluding hydrogens is 244 g/mol. The zero-order chi connectivity index (χ0) is 14.1. The second-order valence-electron chi connectivity index (χ2n) is 4.19. The van der Waals surface area contributed by atoms with Gasteiger partial charge in [0.25, 0.3) is 0 Å². The van der Waals surface area contributed by atoms with E-state index in [1.807, 2.05) is 20.8 Å². The summed E-state index contributed by atoms with van der Waals surface area (Å²) >= 11 is 0. The van der Waals surface area contributed by atoms with Gasteiger partial charge in [-0.15, -0.1) is 0 Å². The Kier molecular flexibility index (Phi) is 6.97. The van der Waals surface area contributed by atoms with Crippen LogP contribution in [0.5, 0.6) is 11.5 Å². The molecule has 1 rings (SSSR count). The third-order valence-electron chi connectivity index (χ3n) is 2.49. The zero-order valence-corrected chi connectivity index (χ0v) is 11.8. The van der Waals surface area contributed by atoms with Crippen molar-refractivity contribution >= 4 is 5.97 Å². The maximum atomic E-state index is 11.4.